The number of rotatable bonds is 4. The summed E-state index contributed by atoms with van der Waals surface area (Å²) < 4.78 is 18.8. The summed E-state index contributed by atoms with van der Waals surface area (Å²) in [5.74, 6) is -0.610. The van der Waals surface area contributed by atoms with E-state index in [0.29, 0.717) is 11.0 Å². The van der Waals surface area contributed by atoms with Gasteiger partial charge in [-0.15, -0.1) is 0 Å². The molecule has 0 amide bonds. The van der Waals surface area contributed by atoms with E-state index in [9.17, 15) is 14.4 Å². The van der Waals surface area contributed by atoms with Crippen molar-refractivity contribution in [3.05, 3.63) is 58.9 Å². The van der Waals surface area contributed by atoms with Crippen LogP contribution in [0.2, 0.25) is 5.02 Å². The first-order valence-corrected chi connectivity index (χ1v) is 5.98. The van der Waals surface area contributed by atoms with Crippen LogP contribution in [0.25, 0.3) is 0 Å². The molecule has 98 valence electrons. The van der Waals surface area contributed by atoms with Gasteiger partial charge in [-0.1, -0.05) is 41.9 Å². The molecule has 0 spiro atoms. The zero-order valence-corrected chi connectivity index (χ0v) is 10.6. The molecular weight excluding hydrogens is 269 g/mol. The highest BCUT2D eigenvalue weighted by Gasteiger charge is 2.16. The van der Waals surface area contributed by atoms with Crippen molar-refractivity contribution in [2.75, 3.05) is 0 Å². The highest BCUT2D eigenvalue weighted by molar-refractivity contribution is 6.59. The van der Waals surface area contributed by atoms with Crippen molar-refractivity contribution in [3.8, 4) is 5.75 Å². The van der Waals surface area contributed by atoms with E-state index < -0.39 is 12.9 Å². The Hall–Kier alpha value is -1.56. The zero-order valence-electron chi connectivity index (χ0n) is 9.88. The topological polar surface area (TPSA) is 49.7 Å². The molecule has 0 saturated heterocycles. The Morgan fingerprint density at radius 1 is 1.11 bits per heavy atom. The monoisotopic (exact) mass is 280 g/mol. The third-order valence-electron chi connectivity index (χ3n) is 2.62. The van der Waals surface area contributed by atoms with Crippen molar-refractivity contribution in [2.24, 2.45) is 0 Å². The molecule has 2 N–H and O–H groups in total. The van der Waals surface area contributed by atoms with Crippen LogP contribution in [0.1, 0.15) is 5.56 Å². The molecule has 2 aromatic carbocycles. The standard InChI is InChI=1S/C13H11BClFO3/c15-11-6-3-7-12(16)13(11)19-8-9-4-1-2-5-10(9)14(17)18/h1-7,17-18H,8H2. The quantitative estimate of drug-likeness (QED) is 0.839. The van der Waals surface area contributed by atoms with E-state index in [0.717, 1.165) is 0 Å². The van der Waals surface area contributed by atoms with Gasteiger partial charge in [0.1, 0.15) is 6.61 Å². The second-order valence-electron chi connectivity index (χ2n) is 3.91. The van der Waals surface area contributed by atoms with E-state index in [1.54, 1.807) is 24.3 Å². The summed E-state index contributed by atoms with van der Waals surface area (Å²) in [5.41, 5.74) is 0.867. The molecule has 0 atom stereocenters. The predicted molar refractivity (Wildman–Crippen MR) is 72.0 cm³/mol. The molecule has 0 bridgehead atoms. The van der Waals surface area contributed by atoms with Crippen molar-refractivity contribution in [2.45, 2.75) is 6.61 Å². The fourth-order valence-corrected chi connectivity index (χ4v) is 1.91. The first-order valence-electron chi connectivity index (χ1n) is 5.60. The Balaban J connectivity index is 2.19. The SMILES string of the molecule is OB(O)c1ccccc1COc1c(F)cccc1Cl. The van der Waals surface area contributed by atoms with Crippen molar-refractivity contribution in [3.63, 3.8) is 0 Å². The van der Waals surface area contributed by atoms with E-state index in [2.05, 4.69) is 0 Å². The van der Waals surface area contributed by atoms with Crippen molar-refractivity contribution in [1.29, 1.82) is 0 Å². The van der Waals surface area contributed by atoms with E-state index >= 15 is 0 Å². The van der Waals surface area contributed by atoms with E-state index in [4.69, 9.17) is 16.3 Å². The molecule has 0 aromatic heterocycles. The molecule has 0 aliphatic carbocycles. The second kappa shape index (κ2) is 6.06. The zero-order chi connectivity index (χ0) is 13.8. The lowest BCUT2D eigenvalue weighted by molar-refractivity contribution is 0.291. The summed E-state index contributed by atoms with van der Waals surface area (Å²) in [6.07, 6.45) is 0. The summed E-state index contributed by atoms with van der Waals surface area (Å²) >= 11 is 5.83. The van der Waals surface area contributed by atoms with Crippen LogP contribution in [0, 0.1) is 5.82 Å². The van der Waals surface area contributed by atoms with Gasteiger partial charge in [0.05, 0.1) is 5.02 Å². The van der Waals surface area contributed by atoms with Crippen LogP contribution in [0.3, 0.4) is 0 Å². The van der Waals surface area contributed by atoms with Gasteiger partial charge in [0.2, 0.25) is 0 Å². The van der Waals surface area contributed by atoms with Gasteiger partial charge >= 0.3 is 7.12 Å². The van der Waals surface area contributed by atoms with Crippen molar-refractivity contribution in [1.82, 2.24) is 0 Å². The van der Waals surface area contributed by atoms with Crippen LogP contribution >= 0.6 is 11.6 Å². The van der Waals surface area contributed by atoms with Crippen LogP contribution in [-0.4, -0.2) is 17.2 Å². The molecule has 0 aliphatic rings. The molecular formula is C13H11BClFO3. The molecule has 2 aromatic rings. The van der Waals surface area contributed by atoms with Crippen molar-refractivity contribution < 1.29 is 19.2 Å². The number of halogens is 2. The summed E-state index contributed by atoms with van der Waals surface area (Å²) in [4.78, 5) is 0. The molecule has 19 heavy (non-hydrogen) atoms. The van der Waals surface area contributed by atoms with Gasteiger partial charge in [-0.25, -0.2) is 4.39 Å². The molecule has 0 radical (unpaired) electrons. The number of ether oxygens (including phenoxy) is 1. The van der Waals surface area contributed by atoms with Crippen LogP contribution in [0.15, 0.2) is 42.5 Å². The van der Waals surface area contributed by atoms with Gasteiger partial charge in [-0.2, -0.15) is 0 Å². The molecule has 6 heteroatoms. The third-order valence-corrected chi connectivity index (χ3v) is 2.92. The van der Waals surface area contributed by atoms with Gasteiger partial charge in [0.25, 0.3) is 0 Å². The number of hydrogen-bond acceptors (Lipinski definition) is 3. The fourth-order valence-electron chi connectivity index (χ4n) is 1.69. The minimum Gasteiger partial charge on any atom is -0.484 e. The Labute approximate surface area is 115 Å². The van der Waals surface area contributed by atoms with Crippen molar-refractivity contribution >= 4 is 24.2 Å². The minimum atomic E-state index is -1.60. The largest absolute Gasteiger partial charge is 0.488 e. The Morgan fingerprint density at radius 2 is 1.84 bits per heavy atom. The molecule has 0 aliphatic heterocycles. The maximum Gasteiger partial charge on any atom is 0.488 e. The lowest BCUT2D eigenvalue weighted by Crippen LogP contribution is -2.33. The molecule has 0 unspecified atom stereocenters. The van der Waals surface area contributed by atoms with E-state index in [1.807, 2.05) is 0 Å². The Kier molecular flexibility index (Phi) is 4.42. The predicted octanol–water partition coefficient (Wildman–Crippen LogP) is 1.74. The first-order chi connectivity index (χ1) is 9.09. The van der Waals surface area contributed by atoms with Gasteiger partial charge < -0.3 is 14.8 Å². The maximum atomic E-state index is 13.5. The Bertz CT molecular complexity index is 557. The summed E-state index contributed by atoms with van der Waals surface area (Å²) in [6, 6.07) is 10.9. The average molecular weight is 280 g/mol. The smallest absolute Gasteiger partial charge is 0.484 e. The lowest BCUT2D eigenvalue weighted by atomic mass is 9.77. The lowest BCUT2D eigenvalue weighted by Gasteiger charge is -2.12. The highest BCUT2D eigenvalue weighted by atomic mass is 35.5. The first kappa shape index (κ1) is 13.9. The normalized spacial score (nSPS) is 10.3. The summed E-state index contributed by atoms with van der Waals surface area (Å²) in [7, 11) is -1.60. The molecule has 0 saturated carbocycles. The Morgan fingerprint density at radius 3 is 2.53 bits per heavy atom. The highest BCUT2D eigenvalue weighted by Crippen LogP contribution is 2.27. The number of hydrogen-bond donors (Lipinski definition) is 2. The van der Waals surface area contributed by atoms with Crippen LogP contribution in [0.4, 0.5) is 4.39 Å². The molecule has 0 heterocycles. The van der Waals surface area contributed by atoms with Gasteiger partial charge in [0, 0.05) is 0 Å². The second-order valence-corrected chi connectivity index (χ2v) is 4.32. The number of benzene rings is 2. The minimum absolute atomic E-state index is 0.00551. The van der Waals surface area contributed by atoms with Crippen LogP contribution in [-0.2, 0) is 6.61 Å². The molecule has 0 fully saturated rings. The maximum absolute atomic E-state index is 13.5. The van der Waals surface area contributed by atoms with Gasteiger partial charge in [0.15, 0.2) is 11.6 Å². The van der Waals surface area contributed by atoms with Crippen LogP contribution in [0.5, 0.6) is 5.75 Å². The average Bonchev–Trinajstić information content (AvgIpc) is 2.38. The number of para-hydroxylation sites is 1. The third kappa shape index (κ3) is 3.26. The fraction of sp³-hybridized carbons (Fsp3) is 0.0769. The summed E-state index contributed by atoms with van der Waals surface area (Å²) in [5, 5.41) is 18.6. The molecule has 2 rings (SSSR count). The van der Waals surface area contributed by atoms with Crippen LogP contribution < -0.4 is 10.2 Å². The molecule has 3 nitrogen and oxygen atoms in total. The summed E-state index contributed by atoms with van der Waals surface area (Å²) in [6.45, 7) is -0.00551. The van der Waals surface area contributed by atoms with E-state index in [1.165, 1.54) is 18.2 Å². The van der Waals surface area contributed by atoms with Gasteiger partial charge in [-0.05, 0) is 23.2 Å². The van der Waals surface area contributed by atoms with Gasteiger partial charge in [-0.3, -0.25) is 0 Å². The van der Waals surface area contributed by atoms with E-state index in [-0.39, 0.29) is 17.4 Å².